The fourth-order valence-corrected chi connectivity index (χ4v) is 8.48. The van der Waals surface area contributed by atoms with Crippen molar-refractivity contribution in [2.75, 3.05) is 0 Å². The summed E-state index contributed by atoms with van der Waals surface area (Å²) in [7, 11) is 0. The maximum absolute atomic E-state index is 11.6. The average Bonchev–Trinajstić information content (AvgIpc) is 3.14. The Morgan fingerprint density at radius 1 is 1.22 bits per heavy atom. The molecule has 4 aliphatic rings. The van der Waals surface area contributed by atoms with E-state index in [2.05, 4.69) is 26.8 Å². The van der Waals surface area contributed by atoms with E-state index >= 15 is 0 Å². The smallest absolute Gasteiger partial charge is 0.302 e. The highest BCUT2D eigenvalue weighted by Crippen LogP contribution is 2.66. The number of nitrogens with zero attached hydrogens (tertiary/aromatic N) is 1. The van der Waals surface area contributed by atoms with E-state index in [-0.39, 0.29) is 17.5 Å². The number of rotatable bonds is 1. The second kappa shape index (κ2) is 5.92. The van der Waals surface area contributed by atoms with Gasteiger partial charge in [-0.15, -0.1) is 11.3 Å². The Balaban J connectivity index is 1.50. The third kappa shape index (κ3) is 2.44. The lowest BCUT2D eigenvalue weighted by atomic mass is 9.48. The van der Waals surface area contributed by atoms with Crippen molar-refractivity contribution >= 4 is 22.9 Å². The summed E-state index contributed by atoms with van der Waals surface area (Å²) in [6.45, 7) is 8.65. The summed E-state index contributed by atoms with van der Waals surface area (Å²) in [6, 6.07) is 0. The van der Waals surface area contributed by atoms with Gasteiger partial charge in [-0.25, -0.2) is 4.98 Å². The van der Waals surface area contributed by atoms with Crippen molar-refractivity contribution < 1.29 is 9.53 Å². The molecule has 2 saturated carbocycles. The Labute approximate surface area is 166 Å². The van der Waals surface area contributed by atoms with Crippen molar-refractivity contribution in [3.8, 4) is 0 Å². The minimum atomic E-state index is -0.109. The first kappa shape index (κ1) is 17.9. The predicted molar refractivity (Wildman–Crippen MR) is 108 cm³/mol. The normalized spacial score (nSPS) is 42.4. The maximum atomic E-state index is 11.6. The summed E-state index contributed by atoms with van der Waals surface area (Å²) in [6.07, 6.45) is 11.0. The Hall–Kier alpha value is -1.16. The van der Waals surface area contributed by atoms with Crippen molar-refractivity contribution in [2.45, 2.75) is 78.7 Å². The molecule has 4 heteroatoms. The lowest BCUT2D eigenvalue weighted by Gasteiger charge is -2.56. The van der Waals surface area contributed by atoms with Crippen molar-refractivity contribution in [1.82, 2.24) is 4.98 Å². The number of ether oxygens (including phenoxy) is 1. The molecular weight excluding hydrogens is 354 g/mol. The van der Waals surface area contributed by atoms with Gasteiger partial charge in [0.1, 0.15) is 6.10 Å². The number of carbonyl (C=O) groups is 1. The number of hydrogen-bond donors (Lipinski definition) is 0. The number of aromatic nitrogens is 1. The average molecular weight is 386 g/mol. The zero-order valence-corrected chi connectivity index (χ0v) is 17.8. The quantitative estimate of drug-likeness (QED) is 0.594. The van der Waals surface area contributed by atoms with Crippen LogP contribution in [0.1, 0.15) is 74.9 Å². The van der Waals surface area contributed by atoms with E-state index in [1.54, 1.807) is 12.5 Å². The van der Waals surface area contributed by atoms with Gasteiger partial charge in [-0.3, -0.25) is 4.79 Å². The molecule has 3 nitrogen and oxygen atoms in total. The number of thiazole rings is 1. The zero-order chi connectivity index (χ0) is 19.0. The van der Waals surface area contributed by atoms with Gasteiger partial charge in [-0.05, 0) is 80.6 Å². The molecule has 0 bridgehead atoms. The van der Waals surface area contributed by atoms with Gasteiger partial charge in [0.15, 0.2) is 0 Å². The Morgan fingerprint density at radius 2 is 2.04 bits per heavy atom. The topological polar surface area (TPSA) is 39.2 Å². The molecule has 146 valence electrons. The summed E-state index contributed by atoms with van der Waals surface area (Å²) >= 11 is 1.90. The Bertz CT molecular complexity index is 826. The number of esters is 1. The first-order valence-electron chi connectivity index (χ1n) is 10.7. The molecule has 4 aliphatic carbocycles. The van der Waals surface area contributed by atoms with Gasteiger partial charge in [0.25, 0.3) is 0 Å². The summed E-state index contributed by atoms with van der Waals surface area (Å²) < 4.78 is 5.78. The number of allylic oxidation sites excluding steroid dienone is 2. The van der Waals surface area contributed by atoms with Gasteiger partial charge in [0.2, 0.25) is 0 Å². The minimum absolute atomic E-state index is 0.109. The maximum Gasteiger partial charge on any atom is 0.302 e. The largest absolute Gasteiger partial charge is 0.462 e. The van der Waals surface area contributed by atoms with E-state index in [1.807, 2.05) is 11.3 Å². The van der Waals surface area contributed by atoms with Gasteiger partial charge in [-0.1, -0.05) is 19.9 Å². The molecule has 6 atom stereocenters. The molecule has 0 amide bonds. The Morgan fingerprint density at radius 3 is 2.81 bits per heavy atom. The number of hydrogen-bond acceptors (Lipinski definition) is 4. The standard InChI is InChI=1S/C23H31NO2S/c1-13-24-19-10-12-22(3)17-9-11-23(4)16(7-8-20(23)26-14(2)25)15(17)5-6-18(22)21(19)27-13/h6,15-17,20H,5,7-12H2,1-4H3/t15-,16-,17-,20-,22+,23-/m0/s1. The number of carbonyl (C=O) groups excluding carboxylic acids is 1. The van der Waals surface area contributed by atoms with Crippen LogP contribution < -0.4 is 0 Å². The van der Waals surface area contributed by atoms with Gasteiger partial charge in [-0.2, -0.15) is 0 Å². The van der Waals surface area contributed by atoms with Crippen LogP contribution in [0.25, 0.3) is 5.57 Å². The fraction of sp³-hybridized carbons (Fsp3) is 0.739. The Kier molecular flexibility index (Phi) is 3.93. The molecule has 1 aromatic heterocycles. The van der Waals surface area contributed by atoms with Gasteiger partial charge in [0.05, 0.1) is 15.6 Å². The fourth-order valence-electron chi connectivity index (χ4n) is 7.34. The van der Waals surface area contributed by atoms with E-state index in [4.69, 9.17) is 9.72 Å². The van der Waals surface area contributed by atoms with Crippen molar-refractivity contribution in [2.24, 2.45) is 28.6 Å². The first-order chi connectivity index (χ1) is 12.8. The molecule has 1 aromatic rings. The van der Waals surface area contributed by atoms with Crippen LogP contribution >= 0.6 is 11.3 Å². The summed E-state index contributed by atoms with van der Waals surface area (Å²) in [5.74, 6) is 2.10. The molecule has 0 aliphatic heterocycles. The minimum Gasteiger partial charge on any atom is -0.462 e. The van der Waals surface area contributed by atoms with Crippen LogP contribution in [0.3, 0.4) is 0 Å². The highest BCUT2D eigenvalue weighted by Gasteiger charge is 2.59. The van der Waals surface area contributed by atoms with Crippen LogP contribution in [-0.4, -0.2) is 17.1 Å². The summed E-state index contributed by atoms with van der Waals surface area (Å²) in [4.78, 5) is 17.9. The molecule has 27 heavy (non-hydrogen) atoms. The predicted octanol–water partition coefficient (Wildman–Crippen LogP) is 5.57. The van der Waals surface area contributed by atoms with Crippen LogP contribution in [0, 0.1) is 35.5 Å². The second-order valence-electron chi connectivity index (χ2n) is 9.88. The number of fused-ring (bicyclic) bond motifs is 7. The van der Waals surface area contributed by atoms with Crippen LogP contribution in [0.2, 0.25) is 0 Å². The van der Waals surface area contributed by atoms with Crippen LogP contribution in [0.15, 0.2) is 6.08 Å². The van der Waals surface area contributed by atoms with Gasteiger partial charge >= 0.3 is 5.97 Å². The second-order valence-corrected chi connectivity index (χ2v) is 11.1. The van der Waals surface area contributed by atoms with Crippen molar-refractivity contribution in [1.29, 1.82) is 0 Å². The molecule has 0 radical (unpaired) electrons. The van der Waals surface area contributed by atoms with Crippen molar-refractivity contribution in [3.63, 3.8) is 0 Å². The zero-order valence-electron chi connectivity index (χ0n) is 17.0. The van der Waals surface area contributed by atoms with Gasteiger partial charge < -0.3 is 4.74 Å². The molecule has 1 heterocycles. The van der Waals surface area contributed by atoms with Gasteiger partial charge in [0, 0.05) is 12.3 Å². The molecule has 0 N–H and O–H groups in total. The van der Waals surface area contributed by atoms with E-state index < -0.39 is 0 Å². The lowest BCUT2D eigenvalue weighted by molar-refractivity contribution is -0.156. The monoisotopic (exact) mass is 385 g/mol. The summed E-state index contributed by atoms with van der Waals surface area (Å²) in [5, 5.41) is 1.21. The van der Waals surface area contributed by atoms with E-state index in [1.165, 1.54) is 47.7 Å². The molecule has 0 spiro atoms. The van der Waals surface area contributed by atoms with E-state index in [0.717, 1.165) is 24.7 Å². The SMILES string of the molecule is CC(=O)O[C@H]1CC[C@H]2[C@@H]3CC=C4c5sc(C)nc5CC[C@]4(C)[C@H]3CC[C@]12C. The van der Waals surface area contributed by atoms with Crippen LogP contribution in [0.5, 0.6) is 0 Å². The third-order valence-corrected chi connectivity index (χ3v) is 9.66. The van der Waals surface area contributed by atoms with Crippen LogP contribution in [-0.2, 0) is 16.0 Å². The number of aryl methyl sites for hydroxylation is 2. The third-order valence-electron chi connectivity index (χ3n) is 8.62. The summed E-state index contributed by atoms with van der Waals surface area (Å²) in [5.41, 5.74) is 3.43. The first-order valence-corrected chi connectivity index (χ1v) is 11.5. The molecular formula is C23H31NO2S. The molecule has 0 saturated heterocycles. The lowest BCUT2D eigenvalue weighted by Crippen LogP contribution is -2.50. The molecule has 5 rings (SSSR count). The van der Waals surface area contributed by atoms with E-state index in [0.29, 0.717) is 11.3 Å². The van der Waals surface area contributed by atoms with Crippen LogP contribution in [0.4, 0.5) is 0 Å². The molecule has 0 aromatic carbocycles. The molecule has 2 fully saturated rings. The highest BCUT2D eigenvalue weighted by atomic mass is 32.1. The highest BCUT2D eigenvalue weighted by molar-refractivity contribution is 7.12. The molecule has 0 unspecified atom stereocenters. The van der Waals surface area contributed by atoms with E-state index in [9.17, 15) is 4.79 Å². The van der Waals surface area contributed by atoms with Crippen molar-refractivity contribution in [3.05, 3.63) is 21.7 Å².